The summed E-state index contributed by atoms with van der Waals surface area (Å²) in [5.41, 5.74) is 1.84. The zero-order valence-corrected chi connectivity index (χ0v) is 20.9. The lowest BCUT2D eigenvalue weighted by Crippen LogP contribution is -2.57. The molecule has 178 valence electrons. The molecule has 2 fully saturated rings. The van der Waals surface area contributed by atoms with Gasteiger partial charge in [-0.1, -0.05) is 22.0 Å². The fourth-order valence-corrected chi connectivity index (χ4v) is 6.15. The number of carbonyl (C=O) groups is 1. The monoisotopic (exact) mass is 544 g/mol. The van der Waals surface area contributed by atoms with Crippen LogP contribution in [-0.4, -0.2) is 90.9 Å². The first kappa shape index (κ1) is 23.0. The van der Waals surface area contributed by atoms with Crippen LogP contribution in [0.3, 0.4) is 0 Å². The number of halogens is 1. The Labute approximate surface area is 207 Å². The summed E-state index contributed by atoms with van der Waals surface area (Å²) in [7, 11) is -3.68. The van der Waals surface area contributed by atoms with Crippen molar-refractivity contribution in [3.05, 3.63) is 59.5 Å². The number of sulfonamides is 1. The minimum Gasteiger partial charge on any atom is -0.368 e. The topological polar surface area (TPSA) is 90.0 Å². The molecule has 0 unspecified atom stereocenters. The number of rotatable bonds is 3. The second-order valence-corrected chi connectivity index (χ2v) is 11.2. The predicted octanol–water partition coefficient (Wildman–Crippen LogP) is 2.64. The third kappa shape index (κ3) is 4.59. The summed E-state index contributed by atoms with van der Waals surface area (Å²) in [6.07, 6.45) is 4.95. The Balaban J connectivity index is 1.19. The highest BCUT2D eigenvalue weighted by molar-refractivity contribution is 9.10. The van der Waals surface area contributed by atoms with Crippen LogP contribution in [0.2, 0.25) is 0 Å². The number of pyridine rings is 2. The maximum Gasteiger partial charge on any atom is 0.320 e. The number of piperazine rings is 2. The van der Waals surface area contributed by atoms with Crippen molar-refractivity contribution in [1.29, 1.82) is 0 Å². The normalized spacial score (nSPS) is 17.9. The van der Waals surface area contributed by atoms with E-state index in [0.717, 1.165) is 34.2 Å². The molecule has 0 spiro atoms. The van der Waals surface area contributed by atoms with E-state index in [0.29, 0.717) is 26.2 Å². The van der Waals surface area contributed by atoms with Crippen molar-refractivity contribution in [3.8, 4) is 0 Å². The van der Waals surface area contributed by atoms with E-state index in [2.05, 4.69) is 30.8 Å². The van der Waals surface area contributed by atoms with Gasteiger partial charge in [0, 0.05) is 86.5 Å². The van der Waals surface area contributed by atoms with E-state index in [4.69, 9.17) is 0 Å². The molecule has 4 heterocycles. The first-order chi connectivity index (χ1) is 16.4. The van der Waals surface area contributed by atoms with Crippen LogP contribution < -0.4 is 4.90 Å². The highest BCUT2D eigenvalue weighted by Gasteiger charge is 2.33. The summed E-state index contributed by atoms with van der Waals surface area (Å²) in [5.74, 6) is 0. The Kier molecular flexibility index (Phi) is 6.41. The van der Waals surface area contributed by atoms with Crippen molar-refractivity contribution < 1.29 is 13.2 Å². The van der Waals surface area contributed by atoms with E-state index < -0.39 is 10.0 Å². The van der Waals surface area contributed by atoms with Gasteiger partial charge in [0.2, 0.25) is 10.0 Å². The van der Waals surface area contributed by atoms with Gasteiger partial charge in [0.15, 0.2) is 0 Å². The minimum absolute atomic E-state index is 0.0237. The van der Waals surface area contributed by atoms with Gasteiger partial charge in [0.1, 0.15) is 4.90 Å². The second-order valence-electron chi connectivity index (χ2n) is 8.36. The van der Waals surface area contributed by atoms with Crippen molar-refractivity contribution in [2.75, 3.05) is 57.3 Å². The number of nitrogens with zero attached hydrogens (tertiary/aromatic N) is 6. The highest BCUT2D eigenvalue weighted by Crippen LogP contribution is 2.24. The van der Waals surface area contributed by atoms with Gasteiger partial charge in [-0.3, -0.25) is 9.97 Å². The molecule has 0 N–H and O–H groups in total. The molecule has 5 rings (SSSR count). The van der Waals surface area contributed by atoms with E-state index in [9.17, 15) is 13.2 Å². The molecule has 0 aliphatic carbocycles. The zero-order chi connectivity index (χ0) is 23.7. The second kappa shape index (κ2) is 9.47. The molecular weight excluding hydrogens is 520 g/mol. The largest absolute Gasteiger partial charge is 0.368 e. The summed E-state index contributed by atoms with van der Waals surface area (Å²) in [6.45, 7) is 4.07. The minimum atomic E-state index is -3.68. The van der Waals surface area contributed by atoms with Crippen LogP contribution in [0.5, 0.6) is 0 Å². The molecular formula is C23H25BrN6O3S. The number of hydrogen-bond acceptors (Lipinski definition) is 6. The van der Waals surface area contributed by atoms with E-state index in [1.54, 1.807) is 23.4 Å². The zero-order valence-electron chi connectivity index (χ0n) is 18.5. The standard InChI is InChI=1S/C23H25BrN6O3S/c24-19-2-1-18-15-21(17-26-22(18)16-19)34(32,33)30-13-11-29(12-14-30)23(31)28-9-7-27(8-10-28)20-3-5-25-6-4-20/h1-6,15-17H,7-14H2. The third-order valence-corrected chi connectivity index (χ3v) is 8.70. The third-order valence-electron chi connectivity index (χ3n) is 6.35. The number of aromatic nitrogens is 2. The van der Waals surface area contributed by atoms with Crippen LogP contribution in [0, 0.1) is 0 Å². The van der Waals surface area contributed by atoms with E-state index >= 15 is 0 Å². The fraction of sp³-hybridized carbons (Fsp3) is 0.348. The predicted molar refractivity (Wildman–Crippen MR) is 133 cm³/mol. The van der Waals surface area contributed by atoms with Crippen molar-refractivity contribution in [3.63, 3.8) is 0 Å². The molecule has 34 heavy (non-hydrogen) atoms. The molecule has 2 saturated heterocycles. The van der Waals surface area contributed by atoms with E-state index in [1.165, 1.54) is 10.5 Å². The summed E-state index contributed by atoms with van der Waals surface area (Å²) in [6, 6.07) is 11.1. The van der Waals surface area contributed by atoms with Crippen LogP contribution in [0.25, 0.3) is 10.9 Å². The number of benzene rings is 1. The maximum atomic E-state index is 13.2. The van der Waals surface area contributed by atoms with Crippen molar-refractivity contribution >= 4 is 48.6 Å². The Morgan fingerprint density at radius 3 is 2.18 bits per heavy atom. The van der Waals surface area contributed by atoms with Crippen LogP contribution >= 0.6 is 15.9 Å². The molecule has 2 aliphatic heterocycles. The molecule has 1 aromatic carbocycles. The molecule has 0 atom stereocenters. The number of urea groups is 1. The maximum absolute atomic E-state index is 13.2. The summed E-state index contributed by atoms with van der Waals surface area (Å²) < 4.78 is 28.7. The first-order valence-corrected chi connectivity index (χ1v) is 13.4. The molecule has 3 aromatic rings. The van der Waals surface area contributed by atoms with Crippen LogP contribution in [0.4, 0.5) is 10.5 Å². The molecule has 0 bridgehead atoms. The number of anilines is 1. The number of fused-ring (bicyclic) bond motifs is 1. The molecule has 2 aliphatic rings. The Morgan fingerprint density at radius 2 is 1.50 bits per heavy atom. The van der Waals surface area contributed by atoms with Crippen molar-refractivity contribution in [2.24, 2.45) is 0 Å². The molecule has 2 aromatic heterocycles. The Morgan fingerprint density at radius 1 is 0.853 bits per heavy atom. The van der Waals surface area contributed by atoms with Crippen LogP contribution in [0.1, 0.15) is 0 Å². The van der Waals surface area contributed by atoms with Crippen LogP contribution in [0.15, 0.2) is 64.4 Å². The van der Waals surface area contributed by atoms with Crippen molar-refractivity contribution in [2.45, 2.75) is 4.90 Å². The SMILES string of the molecule is O=C(N1CCN(c2ccncc2)CC1)N1CCN(S(=O)(=O)c2cnc3cc(Br)ccc3c2)CC1. The van der Waals surface area contributed by atoms with Gasteiger partial charge in [-0.05, 0) is 30.3 Å². The number of hydrogen-bond donors (Lipinski definition) is 0. The average Bonchev–Trinajstić information content (AvgIpc) is 2.88. The Bertz CT molecular complexity index is 1290. The van der Waals surface area contributed by atoms with Crippen LogP contribution in [-0.2, 0) is 10.0 Å². The van der Waals surface area contributed by atoms with Gasteiger partial charge in [0.25, 0.3) is 0 Å². The van der Waals surface area contributed by atoms with Gasteiger partial charge >= 0.3 is 6.03 Å². The van der Waals surface area contributed by atoms with E-state index in [-0.39, 0.29) is 24.0 Å². The van der Waals surface area contributed by atoms with E-state index in [1.807, 2.05) is 35.2 Å². The summed E-state index contributed by atoms with van der Waals surface area (Å²) >= 11 is 3.41. The molecule has 11 heteroatoms. The molecule has 2 amide bonds. The number of amides is 2. The quantitative estimate of drug-likeness (QED) is 0.503. The first-order valence-electron chi connectivity index (χ1n) is 11.2. The van der Waals surface area contributed by atoms with Crippen molar-refractivity contribution in [1.82, 2.24) is 24.1 Å². The summed E-state index contributed by atoms with van der Waals surface area (Å²) in [5, 5.41) is 0.768. The average molecular weight is 545 g/mol. The number of carbonyl (C=O) groups excluding carboxylic acids is 1. The van der Waals surface area contributed by atoms with Gasteiger partial charge in [-0.15, -0.1) is 0 Å². The highest BCUT2D eigenvalue weighted by atomic mass is 79.9. The Hall–Kier alpha value is -2.76. The lowest BCUT2D eigenvalue weighted by Gasteiger charge is -2.40. The smallest absolute Gasteiger partial charge is 0.320 e. The van der Waals surface area contributed by atoms with Gasteiger partial charge < -0.3 is 14.7 Å². The lowest BCUT2D eigenvalue weighted by molar-refractivity contribution is 0.132. The van der Waals surface area contributed by atoms with Gasteiger partial charge in [0.05, 0.1) is 5.52 Å². The molecule has 0 saturated carbocycles. The van der Waals surface area contributed by atoms with Gasteiger partial charge in [-0.2, -0.15) is 4.31 Å². The fourth-order valence-electron chi connectivity index (χ4n) is 4.40. The summed E-state index contributed by atoms with van der Waals surface area (Å²) in [4.78, 5) is 27.4. The molecule has 0 radical (unpaired) electrons. The van der Waals surface area contributed by atoms with Gasteiger partial charge in [-0.25, -0.2) is 13.2 Å². The molecule has 9 nitrogen and oxygen atoms in total. The lowest BCUT2D eigenvalue weighted by atomic mass is 10.2.